The number of rotatable bonds is 10. The first-order chi connectivity index (χ1) is 11.7. The van der Waals surface area contributed by atoms with Crippen LogP contribution in [0.1, 0.15) is 0 Å². The van der Waals surface area contributed by atoms with Gasteiger partial charge in [0.05, 0.1) is 30.4 Å². The van der Waals surface area contributed by atoms with E-state index in [1.165, 1.54) is 0 Å². The molecule has 2 rings (SSSR count). The minimum atomic E-state index is -0.488. The molecule has 7 heteroatoms. The molecule has 24 heavy (non-hydrogen) atoms. The van der Waals surface area contributed by atoms with Gasteiger partial charge in [0, 0.05) is 39.3 Å². The Kier molecular flexibility index (Phi) is 9.01. The van der Waals surface area contributed by atoms with Crippen molar-refractivity contribution in [2.24, 2.45) is 0 Å². The molecule has 0 saturated carbocycles. The van der Waals surface area contributed by atoms with E-state index in [0.717, 1.165) is 42.9 Å². The molecule has 0 radical (unpaired) electrons. The molecule has 0 unspecified atom stereocenters. The summed E-state index contributed by atoms with van der Waals surface area (Å²) >= 11 is 3.43. The number of nitrogens with zero attached hydrogens (tertiary/aromatic N) is 2. The van der Waals surface area contributed by atoms with Gasteiger partial charge in [-0.05, 0) is 28.1 Å². The van der Waals surface area contributed by atoms with Crippen molar-refractivity contribution < 1.29 is 19.7 Å². The Morgan fingerprint density at radius 1 is 1.08 bits per heavy atom. The molecule has 0 amide bonds. The second kappa shape index (κ2) is 11.0. The summed E-state index contributed by atoms with van der Waals surface area (Å²) in [6.45, 7) is 6.49. The van der Waals surface area contributed by atoms with Crippen LogP contribution < -0.4 is 4.74 Å². The first kappa shape index (κ1) is 19.6. The van der Waals surface area contributed by atoms with Crippen LogP contribution in [0.3, 0.4) is 0 Å². The van der Waals surface area contributed by atoms with Gasteiger partial charge in [-0.15, -0.1) is 0 Å². The van der Waals surface area contributed by atoms with Crippen molar-refractivity contribution in [1.82, 2.24) is 9.80 Å². The maximum absolute atomic E-state index is 10.1. The summed E-state index contributed by atoms with van der Waals surface area (Å²) in [6.07, 6.45) is -0.488. The molecule has 1 aliphatic rings. The number of β-amino-alcohol motifs (C(OH)–C–C–N with tert-alkyl or cyclic N) is 2. The molecule has 1 aliphatic heterocycles. The van der Waals surface area contributed by atoms with Gasteiger partial charge in [-0.2, -0.15) is 0 Å². The summed E-state index contributed by atoms with van der Waals surface area (Å²) < 4.78 is 12.0. The van der Waals surface area contributed by atoms with Gasteiger partial charge in [0.2, 0.25) is 0 Å². The van der Waals surface area contributed by atoms with Crippen LogP contribution in [-0.4, -0.2) is 91.8 Å². The third-order valence-electron chi connectivity index (χ3n) is 3.98. The standard InChI is InChI=1S/C17H27BrN2O4/c18-16-3-1-2-4-17(16)24-12-11-23-14-15(22)13-20-7-5-19(6-8-20)9-10-21/h1-4,15,21-22H,5-14H2/t15-/m1/s1. The monoisotopic (exact) mass is 402 g/mol. The second-order valence-electron chi connectivity index (χ2n) is 5.87. The van der Waals surface area contributed by atoms with Crippen LogP contribution in [0, 0.1) is 0 Å². The highest BCUT2D eigenvalue weighted by atomic mass is 79.9. The Balaban J connectivity index is 1.52. The molecule has 1 aromatic rings. The number of ether oxygens (including phenoxy) is 2. The molecule has 0 aliphatic carbocycles. The van der Waals surface area contributed by atoms with Gasteiger partial charge in [0.25, 0.3) is 0 Å². The molecule has 6 nitrogen and oxygen atoms in total. The van der Waals surface area contributed by atoms with Crippen LogP contribution >= 0.6 is 15.9 Å². The average molecular weight is 403 g/mol. The van der Waals surface area contributed by atoms with Crippen molar-refractivity contribution >= 4 is 15.9 Å². The summed E-state index contributed by atoms with van der Waals surface area (Å²) in [5.74, 6) is 0.794. The van der Waals surface area contributed by atoms with E-state index in [1.807, 2.05) is 24.3 Å². The minimum absolute atomic E-state index is 0.206. The van der Waals surface area contributed by atoms with E-state index in [0.29, 0.717) is 26.4 Å². The number of para-hydroxylation sites is 1. The molecule has 0 bridgehead atoms. The van der Waals surface area contributed by atoms with Crippen LogP contribution in [0.25, 0.3) is 0 Å². The Morgan fingerprint density at radius 2 is 1.79 bits per heavy atom. The van der Waals surface area contributed by atoms with Crippen LogP contribution in [0.4, 0.5) is 0 Å². The van der Waals surface area contributed by atoms with Crippen molar-refractivity contribution in [1.29, 1.82) is 0 Å². The van der Waals surface area contributed by atoms with Crippen LogP contribution in [-0.2, 0) is 4.74 Å². The second-order valence-corrected chi connectivity index (χ2v) is 6.73. The summed E-state index contributed by atoms with van der Waals surface area (Å²) in [6, 6.07) is 7.69. The number of aliphatic hydroxyl groups excluding tert-OH is 2. The molecule has 136 valence electrons. The number of halogens is 1. The van der Waals surface area contributed by atoms with E-state index in [1.54, 1.807) is 0 Å². The molecule has 1 aromatic carbocycles. The molecule has 1 saturated heterocycles. The first-order valence-corrected chi connectivity index (χ1v) is 9.17. The average Bonchev–Trinajstić information content (AvgIpc) is 2.58. The van der Waals surface area contributed by atoms with Gasteiger partial charge < -0.3 is 19.7 Å². The van der Waals surface area contributed by atoms with E-state index in [4.69, 9.17) is 14.6 Å². The van der Waals surface area contributed by atoms with Crippen molar-refractivity contribution in [2.75, 3.05) is 65.7 Å². The normalized spacial score (nSPS) is 17.8. The van der Waals surface area contributed by atoms with E-state index in [2.05, 4.69) is 25.7 Å². The molecular formula is C17H27BrN2O4. The van der Waals surface area contributed by atoms with E-state index >= 15 is 0 Å². The summed E-state index contributed by atoms with van der Waals surface area (Å²) in [5.41, 5.74) is 0. The highest BCUT2D eigenvalue weighted by Gasteiger charge is 2.18. The fourth-order valence-corrected chi connectivity index (χ4v) is 3.08. The number of hydrogen-bond donors (Lipinski definition) is 2. The minimum Gasteiger partial charge on any atom is -0.490 e. The molecule has 1 atom stereocenters. The molecule has 2 N–H and O–H groups in total. The van der Waals surface area contributed by atoms with Crippen molar-refractivity contribution in [3.63, 3.8) is 0 Å². The molecule has 1 fully saturated rings. The quantitative estimate of drug-likeness (QED) is 0.564. The number of hydrogen-bond acceptors (Lipinski definition) is 6. The lowest BCUT2D eigenvalue weighted by molar-refractivity contribution is -0.000810. The van der Waals surface area contributed by atoms with Crippen LogP contribution in [0.2, 0.25) is 0 Å². The maximum atomic E-state index is 10.1. The summed E-state index contributed by atoms with van der Waals surface area (Å²) in [4.78, 5) is 4.47. The first-order valence-electron chi connectivity index (χ1n) is 8.37. The number of aliphatic hydroxyl groups is 2. The van der Waals surface area contributed by atoms with Gasteiger partial charge in [-0.25, -0.2) is 0 Å². The Hall–Kier alpha value is -0.700. The highest BCUT2D eigenvalue weighted by molar-refractivity contribution is 9.10. The lowest BCUT2D eigenvalue weighted by Gasteiger charge is -2.35. The predicted octanol–water partition coefficient (Wildman–Crippen LogP) is 0.815. The summed E-state index contributed by atoms with van der Waals surface area (Å²) in [5, 5.41) is 19.0. The van der Waals surface area contributed by atoms with E-state index in [-0.39, 0.29) is 6.61 Å². The van der Waals surface area contributed by atoms with Crippen LogP contribution in [0.15, 0.2) is 28.7 Å². The van der Waals surface area contributed by atoms with Gasteiger partial charge >= 0.3 is 0 Å². The number of benzene rings is 1. The molecule has 1 heterocycles. The van der Waals surface area contributed by atoms with Crippen LogP contribution in [0.5, 0.6) is 5.75 Å². The highest BCUT2D eigenvalue weighted by Crippen LogP contribution is 2.23. The molecular weight excluding hydrogens is 376 g/mol. The Bertz CT molecular complexity index is 470. The summed E-state index contributed by atoms with van der Waals surface area (Å²) in [7, 11) is 0. The predicted molar refractivity (Wildman–Crippen MR) is 96.4 cm³/mol. The molecule has 0 aromatic heterocycles. The van der Waals surface area contributed by atoms with Crippen molar-refractivity contribution in [3.8, 4) is 5.75 Å². The third-order valence-corrected chi connectivity index (χ3v) is 4.64. The fraction of sp³-hybridized carbons (Fsp3) is 0.647. The van der Waals surface area contributed by atoms with Crippen molar-refractivity contribution in [3.05, 3.63) is 28.7 Å². The van der Waals surface area contributed by atoms with Gasteiger partial charge in [-0.1, -0.05) is 12.1 Å². The lowest BCUT2D eigenvalue weighted by Crippen LogP contribution is -2.49. The lowest BCUT2D eigenvalue weighted by atomic mass is 10.2. The van der Waals surface area contributed by atoms with Gasteiger partial charge in [0.1, 0.15) is 12.4 Å². The van der Waals surface area contributed by atoms with E-state index < -0.39 is 6.10 Å². The van der Waals surface area contributed by atoms with Crippen molar-refractivity contribution in [2.45, 2.75) is 6.10 Å². The SMILES string of the molecule is OCCN1CCN(C[C@@H](O)COCCOc2ccccc2Br)CC1. The molecule has 0 spiro atoms. The van der Waals surface area contributed by atoms with E-state index in [9.17, 15) is 5.11 Å². The zero-order chi connectivity index (χ0) is 17.2. The Morgan fingerprint density at radius 3 is 2.50 bits per heavy atom. The van der Waals surface area contributed by atoms with Gasteiger partial charge in [-0.3, -0.25) is 9.80 Å². The largest absolute Gasteiger partial charge is 0.490 e. The zero-order valence-electron chi connectivity index (χ0n) is 13.9. The zero-order valence-corrected chi connectivity index (χ0v) is 15.5. The topological polar surface area (TPSA) is 65.4 Å². The fourth-order valence-electron chi connectivity index (χ4n) is 2.68. The smallest absolute Gasteiger partial charge is 0.133 e. The Labute approximate surface area is 152 Å². The van der Waals surface area contributed by atoms with Gasteiger partial charge in [0.15, 0.2) is 0 Å². The maximum Gasteiger partial charge on any atom is 0.133 e. The number of piperazine rings is 1. The third kappa shape index (κ3) is 7.04.